The monoisotopic (exact) mass is 379 g/mol. The van der Waals surface area contributed by atoms with Gasteiger partial charge >= 0.3 is 12.6 Å². The Bertz CT molecular complexity index is 783. The van der Waals surface area contributed by atoms with Crippen LogP contribution in [-0.2, 0) is 11.2 Å². The largest absolute Gasteiger partial charge is 0.493 e. The van der Waals surface area contributed by atoms with Gasteiger partial charge in [0.05, 0.1) is 18.6 Å². The van der Waals surface area contributed by atoms with Crippen molar-refractivity contribution in [2.24, 2.45) is 5.92 Å². The van der Waals surface area contributed by atoms with Crippen LogP contribution >= 0.6 is 0 Å². The molecule has 0 aliphatic carbocycles. The van der Waals surface area contributed by atoms with Crippen LogP contribution in [0.2, 0.25) is 0 Å². The van der Waals surface area contributed by atoms with E-state index in [2.05, 4.69) is 10.1 Å². The summed E-state index contributed by atoms with van der Waals surface area (Å²) in [4.78, 5) is 23.9. The Morgan fingerprint density at radius 2 is 1.81 bits per heavy atom. The minimum absolute atomic E-state index is 0.0259. The van der Waals surface area contributed by atoms with Gasteiger partial charge in [-0.15, -0.1) is 0 Å². The molecule has 0 aromatic heterocycles. The summed E-state index contributed by atoms with van der Waals surface area (Å²) in [6.45, 7) is -3.31. The smallest absolute Gasteiger partial charge is 0.387 e. The van der Waals surface area contributed by atoms with Crippen molar-refractivity contribution in [1.29, 1.82) is 0 Å². The summed E-state index contributed by atoms with van der Waals surface area (Å²) in [5.74, 6) is -3.11. The number of hydrogen-bond acceptors (Lipinski definition) is 4. The van der Waals surface area contributed by atoms with Crippen LogP contribution in [0.4, 0.5) is 8.78 Å². The number of carbonyl (C=O) groups is 2. The fraction of sp³-hybridized carbons (Fsp3) is 0.263. The molecule has 8 heteroatoms. The van der Waals surface area contributed by atoms with Crippen molar-refractivity contribution in [2.75, 3.05) is 13.7 Å². The summed E-state index contributed by atoms with van der Waals surface area (Å²) in [5.41, 5.74) is 0.640. The first-order valence-corrected chi connectivity index (χ1v) is 8.09. The Balaban J connectivity index is 2.12. The van der Waals surface area contributed by atoms with Crippen LogP contribution in [0.3, 0.4) is 0 Å². The highest BCUT2D eigenvalue weighted by Crippen LogP contribution is 2.32. The van der Waals surface area contributed by atoms with Crippen molar-refractivity contribution in [3.8, 4) is 11.5 Å². The van der Waals surface area contributed by atoms with E-state index in [0.717, 1.165) is 5.56 Å². The number of aliphatic carboxylic acids is 1. The van der Waals surface area contributed by atoms with E-state index in [9.17, 15) is 23.5 Å². The molecule has 144 valence electrons. The van der Waals surface area contributed by atoms with Gasteiger partial charge < -0.3 is 19.9 Å². The summed E-state index contributed by atoms with van der Waals surface area (Å²) in [7, 11) is 1.26. The topological polar surface area (TPSA) is 84.9 Å². The fourth-order valence-electron chi connectivity index (χ4n) is 2.52. The van der Waals surface area contributed by atoms with Crippen molar-refractivity contribution in [1.82, 2.24) is 5.32 Å². The van der Waals surface area contributed by atoms with Crippen molar-refractivity contribution in [2.45, 2.75) is 13.0 Å². The standard InChI is InChI=1S/C19H19F2NO5/c1-26-15-9-5-8-14(16(15)27-19(20)21)17(23)22-11-13(18(24)25)10-12-6-3-2-4-7-12/h2-9,13,19H,10-11H2,1H3,(H,22,23)(H,24,25). The van der Waals surface area contributed by atoms with Crippen molar-refractivity contribution in [3.63, 3.8) is 0 Å². The number of hydrogen-bond donors (Lipinski definition) is 2. The minimum Gasteiger partial charge on any atom is -0.493 e. The number of ether oxygens (including phenoxy) is 2. The van der Waals surface area contributed by atoms with Gasteiger partial charge in [0, 0.05) is 6.54 Å². The lowest BCUT2D eigenvalue weighted by atomic mass is 9.99. The molecule has 0 fully saturated rings. The predicted octanol–water partition coefficient (Wildman–Crippen LogP) is 2.97. The van der Waals surface area contributed by atoms with Crippen LogP contribution in [0, 0.1) is 5.92 Å². The molecule has 0 saturated heterocycles. The van der Waals surface area contributed by atoms with Gasteiger partial charge in [-0.25, -0.2) is 0 Å². The molecule has 6 nitrogen and oxygen atoms in total. The Kier molecular flexibility index (Phi) is 7.10. The molecule has 27 heavy (non-hydrogen) atoms. The lowest BCUT2D eigenvalue weighted by molar-refractivity contribution is -0.141. The average molecular weight is 379 g/mol. The molecular weight excluding hydrogens is 360 g/mol. The van der Waals surface area contributed by atoms with Gasteiger partial charge in [0.15, 0.2) is 11.5 Å². The minimum atomic E-state index is -3.14. The van der Waals surface area contributed by atoms with Gasteiger partial charge in [-0.3, -0.25) is 9.59 Å². The zero-order chi connectivity index (χ0) is 19.8. The maximum Gasteiger partial charge on any atom is 0.387 e. The lowest BCUT2D eigenvalue weighted by Gasteiger charge is -2.16. The van der Waals surface area contributed by atoms with Gasteiger partial charge in [0.25, 0.3) is 5.91 Å². The zero-order valence-corrected chi connectivity index (χ0v) is 14.5. The van der Waals surface area contributed by atoms with E-state index in [1.807, 2.05) is 6.07 Å². The van der Waals surface area contributed by atoms with Crippen LogP contribution in [-0.4, -0.2) is 37.2 Å². The van der Waals surface area contributed by atoms with E-state index in [1.165, 1.54) is 25.3 Å². The Hall–Kier alpha value is -3.16. The van der Waals surface area contributed by atoms with E-state index in [0.29, 0.717) is 0 Å². The van der Waals surface area contributed by atoms with E-state index in [4.69, 9.17) is 4.74 Å². The number of para-hydroxylation sites is 1. The molecule has 0 radical (unpaired) electrons. The van der Waals surface area contributed by atoms with Crippen LogP contribution in [0.1, 0.15) is 15.9 Å². The number of amides is 1. The number of benzene rings is 2. The molecule has 2 aromatic carbocycles. The fourth-order valence-corrected chi connectivity index (χ4v) is 2.52. The number of carboxylic acid groups (broad SMARTS) is 1. The zero-order valence-electron chi connectivity index (χ0n) is 14.5. The molecule has 0 bridgehead atoms. The summed E-state index contributed by atoms with van der Waals surface area (Å²) in [5, 5.41) is 11.8. The number of halogens is 2. The molecule has 1 atom stereocenters. The number of rotatable bonds is 9. The molecule has 2 N–H and O–H groups in total. The molecule has 0 heterocycles. The molecule has 0 spiro atoms. The second-order valence-corrected chi connectivity index (χ2v) is 5.65. The molecule has 0 aliphatic rings. The van der Waals surface area contributed by atoms with Gasteiger partial charge in [0.1, 0.15) is 0 Å². The van der Waals surface area contributed by atoms with Gasteiger partial charge in [-0.2, -0.15) is 8.78 Å². The summed E-state index contributed by atoms with van der Waals surface area (Å²) >= 11 is 0. The third kappa shape index (κ3) is 5.67. The molecular formula is C19H19F2NO5. The maximum atomic E-state index is 12.7. The van der Waals surface area contributed by atoms with Crippen molar-refractivity contribution < 1.29 is 33.0 Å². The van der Waals surface area contributed by atoms with E-state index in [1.54, 1.807) is 24.3 Å². The summed E-state index contributed by atoms with van der Waals surface area (Å²) in [6.07, 6.45) is 0.217. The number of carbonyl (C=O) groups excluding carboxylic acids is 1. The van der Waals surface area contributed by atoms with Crippen LogP contribution in [0.5, 0.6) is 11.5 Å². The molecule has 0 aliphatic heterocycles. The normalized spacial score (nSPS) is 11.7. The molecule has 2 rings (SSSR count). The lowest BCUT2D eigenvalue weighted by Crippen LogP contribution is -2.34. The highest BCUT2D eigenvalue weighted by molar-refractivity contribution is 5.98. The highest BCUT2D eigenvalue weighted by atomic mass is 19.3. The van der Waals surface area contributed by atoms with Gasteiger partial charge in [-0.1, -0.05) is 36.4 Å². The molecule has 1 amide bonds. The van der Waals surface area contributed by atoms with Gasteiger partial charge in [0.2, 0.25) is 0 Å². The van der Waals surface area contributed by atoms with E-state index < -0.39 is 30.2 Å². The molecule has 1 unspecified atom stereocenters. The second-order valence-electron chi connectivity index (χ2n) is 5.65. The number of alkyl halides is 2. The summed E-state index contributed by atoms with van der Waals surface area (Å²) in [6, 6.07) is 13.1. The number of nitrogens with one attached hydrogen (secondary N) is 1. The van der Waals surface area contributed by atoms with Crippen molar-refractivity contribution in [3.05, 3.63) is 59.7 Å². The first-order chi connectivity index (χ1) is 12.9. The number of methoxy groups -OCH3 is 1. The predicted molar refractivity (Wildman–Crippen MR) is 93.2 cm³/mol. The first-order valence-electron chi connectivity index (χ1n) is 8.09. The van der Waals surface area contributed by atoms with Crippen LogP contribution < -0.4 is 14.8 Å². The Morgan fingerprint density at radius 1 is 1.11 bits per heavy atom. The molecule has 2 aromatic rings. The van der Waals surface area contributed by atoms with Crippen molar-refractivity contribution >= 4 is 11.9 Å². The first kappa shape index (κ1) is 20.2. The molecule has 0 saturated carbocycles. The Morgan fingerprint density at radius 3 is 2.41 bits per heavy atom. The second kappa shape index (κ2) is 9.51. The number of carboxylic acids is 1. The SMILES string of the molecule is COc1cccc(C(=O)NCC(Cc2ccccc2)C(=O)O)c1OC(F)F. The average Bonchev–Trinajstić information content (AvgIpc) is 2.65. The third-order valence-corrected chi connectivity index (χ3v) is 3.83. The summed E-state index contributed by atoms with van der Waals surface area (Å²) < 4.78 is 34.7. The maximum absolute atomic E-state index is 12.7. The highest BCUT2D eigenvalue weighted by Gasteiger charge is 2.23. The van der Waals surface area contributed by atoms with E-state index >= 15 is 0 Å². The van der Waals surface area contributed by atoms with Crippen LogP contribution in [0.15, 0.2) is 48.5 Å². The van der Waals surface area contributed by atoms with Crippen LogP contribution in [0.25, 0.3) is 0 Å². The van der Waals surface area contributed by atoms with E-state index in [-0.39, 0.29) is 24.3 Å². The quantitative estimate of drug-likeness (QED) is 0.700. The Labute approximate surface area is 154 Å². The van der Waals surface area contributed by atoms with Gasteiger partial charge in [-0.05, 0) is 24.1 Å². The third-order valence-electron chi connectivity index (χ3n) is 3.83.